The molecule has 0 aliphatic heterocycles. The molecule has 21 heavy (non-hydrogen) atoms. The van der Waals surface area contributed by atoms with Crippen LogP contribution in [0.5, 0.6) is 0 Å². The van der Waals surface area contributed by atoms with E-state index in [1.807, 2.05) is 0 Å². The average molecular weight is 288 g/mol. The lowest BCUT2D eigenvalue weighted by Gasteiger charge is -2.06. The van der Waals surface area contributed by atoms with Crippen molar-refractivity contribution in [3.63, 3.8) is 0 Å². The second-order valence-electron chi connectivity index (χ2n) is 6.16. The first kappa shape index (κ1) is 18.1. The number of anilines is 1. The number of hydrogen-bond acceptors (Lipinski definition) is 1. The topological polar surface area (TPSA) is 12.0 Å². The largest absolute Gasteiger partial charge is 0.385 e. The Morgan fingerprint density at radius 2 is 1.19 bits per heavy atom. The van der Waals surface area contributed by atoms with E-state index in [1.165, 1.54) is 76.3 Å². The number of rotatable bonds is 13. The highest BCUT2D eigenvalue weighted by Gasteiger charge is 1.94. The van der Waals surface area contributed by atoms with Gasteiger partial charge in [0, 0.05) is 12.2 Å². The van der Waals surface area contributed by atoms with Crippen LogP contribution in [0.1, 0.15) is 83.1 Å². The summed E-state index contributed by atoms with van der Waals surface area (Å²) >= 11 is 0. The van der Waals surface area contributed by atoms with Crippen LogP contribution in [0.3, 0.4) is 0 Å². The second-order valence-corrected chi connectivity index (χ2v) is 6.16. The van der Waals surface area contributed by atoms with Crippen molar-refractivity contribution in [2.45, 2.75) is 77.6 Å². The highest BCUT2D eigenvalue weighted by atomic mass is 14.9. The number of unbranched alkanes of at least 4 members (excludes halogenated alkanes) is 10. The molecule has 119 valence electrons. The van der Waals surface area contributed by atoms with Gasteiger partial charge in [-0.3, -0.25) is 0 Å². The summed E-state index contributed by atoms with van der Waals surface area (Å²) in [5.41, 5.74) is 2.30. The van der Waals surface area contributed by atoms with E-state index in [1.54, 1.807) is 0 Å². The number of nitrogens with one attached hydrogen (secondary N) is 1. The van der Waals surface area contributed by atoms with Crippen LogP contribution in [0, 0.1) is 6.92 Å². The lowest BCUT2D eigenvalue weighted by Crippen LogP contribution is -2.01. The molecule has 0 atom stereocenters. The molecule has 1 N–H and O–H groups in total. The van der Waals surface area contributed by atoms with Gasteiger partial charge in [-0.1, -0.05) is 83.3 Å². The van der Waals surface area contributed by atoms with Gasteiger partial charge in [-0.15, -0.1) is 0 Å². The van der Waals surface area contributed by atoms with E-state index in [0.29, 0.717) is 0 Å². The minimum absolute atomic E-state index is 1.08. The molecule has 0 aliphatic rings. The van der Waals surface area contributed by atoms with E-state index in [9.17, 15) is 0 Å². The predicted octanol–water partition coefficient (Wildman–Crippen LogP) is 6.59. The minimum Gasteiger partial charge on any atom is -0.385 e. The van der Waals surface area contributed by atoms with Gasteiger partial charge in [0.15, 0.2) is 0 Å². The van der Waals surface area contributed by atoms with Gasteiger partial charge >= 0.3 is 0 Å². The maximum Gasteiger partial charge on any atom is 0.0340 e. The summed E-state index contributed by atoms with van der Waals surface area (Å²) in [4.78, 5) is 0. The van der Waals surface area contributed by atoms with Crippen LogP contribution in [0.2, 0.25) is 0 Å². The fourth-order valence-electron chi connectivity index (χ4n) is 2.64. The summed E-state index contributed by atoms with van der Waals surface area (Å²) in [5.74, 6) is 0. The van der Waals surface area contributed by atoms with Gasteiger partial charge in [0.25, 0.3) is 0 Å². The van der Waals surface area contributed by atoms with E-state index in [4.69, 9.17) is 0 Å². The standard InChI is InChI=1S/C20H34N/c1-3-4-5-6-7-8-9-10-11-12-13-18-21-20-16-14-19(2)15-17-20/h14-17,21H,2-13,18H2,1H3. The van der Waals surface area contributed by atoms with Gasteiger partial charge in [0.1, 0.15) is 0 Å². The summed E-state index contributed by atoms with van der Waals surface area (Å²) in [6, 6.07) is 8.34. The quantitative estimate of drug-likeness (QED) is 0.404. The van der Waals surface area contributed by atoms with Crippen LogP contribution in [0.4, 0.5) is 5.69 Å². The maximum atomic E-state index is 3.90. The van der Waals surface area contributed by atoms with Crippen molar-refractivity contribution in [2.24, 2.45) is 0 Å². The van der Waals surface area contributed by atoms with Gasteiger partial charge in [0.05, 0.1) is 0 Å². The van der Waals surface area contributed by atoms with E-state index in [0.717, 1.165) is 12.1 Å². The molecular formula is C20H34N. The first-order valence-corrected chi connectivity index (χ1v) is 8.99. The third kappa shape index (κ3) is 10.4. The normalized spacial score (nSPS) is 10.8. The molecular weight excluding hydrogens is 254 g/mol. The van der Waals surface area contributed by atoms with Gasteiger partial charge in [0.2, 0.25) is 0 Å². The Kier molecular flexibility index (Phi) is 11.0. The van der Waals surface area contributed by atoms with Gasteiger partial charge in [-0.05, 0) is 31.0 Å². The molecule has 0 heterocycles. The van der Waals surface area contributed by atoms with Crippen molar-refractivity contribution in [1.29, 1.82) is 0 Å². The highest BCUT2D eigenvalue weighted by molar-refractivity contribution is 5.44. The molecule has 1 nitrogen and oxygen atoms in total. The van der Waals surface area contributed by atoms with E-state index in [2.05, 4.69) is 43.4 Å². The number of benzene rings is 1. The third-order valence-corrected chi connectivity index (χ3v) is 4.06. The molecule has 0 fully saturated rings. The summed E-state index contributed by atoms with van der Waals surface area (Å²) in [6.45, 7) is 7.27. The van der Waals surface area contributed by atoms with Crippen molar-refractivity contribution < 1.29 is 0 Å². The van der Waals surface area contributed by atoms with Crippen LogP contribution >= 0.6 is 0 Å². The third-order valence-electron chi connectivity index (χ3n) is 4.06. The summed E-state index contributed by atoms with van der Waals surface area (Å²) in [5, 5.41) is 3.47. The van der Waals surface area contributed by atoms with Crippen LogP contribution in [0.25, 0.3) is 0 Å². The molecule has 1 aromatic carbocycles. The summed E-state index contributed by atoms with van der Waals surface area (Å²) in [7, 11) is 0. The second kappa shape index (κ2) is 12.7. The summed E-state index contributed by atoms with van der Waals surface area (Å²) < 4.78 is 0. The van der Waals surface area contributed by atoms with Crippen LogP contribution in [-0.2, 0) is 0 Å². The Balaban J connectivity index is 1.81. The fraction of sp³-hybridized carbons (Fsp3) is 0.650. The molecule has 1 radical (unpaired) electrons. The van der Waals surface area contributed by atoms with Crippen LogP contribution < -0.4 is 5.32 Å². The molecule has 0 aromatic heterocycles. The van der Waals surface area contributed by atoms with Crippen molar-refractivity contribution in [2.75, 3.05) is 11.9 Å². The van der Waals surface area contributed by atoms with Crippen molar-refractivity contribution in [3.8, 4) is 0 Å². The zero-order valence-corrected chi connectivity index (χ0v) is 14.0. The Morgan fingerprint density at radius 3 is 1.71 bits per heavy atom. The maximum absolute atomic E-state index is 3.90. The molecule has 1 heteroatoms. The fourth-order valence-corrected chi connectivity index (χ4v) is 2.64. The SMILES string of the molecule is [CH2]c1ccc(NCCCCCCCCCCCCC)cc1. The van der Waals surface area contributed by atoms with E-state index in [-0.39, 0.29) is 0 Å². The molecule has 0 unspecified atom stereocenters. The molecule has 0 saturated heterocycles. The Bertz CT molecular complexity index is 328. The van der Waals surface area contributed by atoms with Crippen molar-refractivity contribution >= 4 is 5.69 Å². The Hall–Kier alpha value is -0.980. The molecule has 0 amide bonds. The minimum atomic E-state index is 1.08. The molecule has 0 aliphatic carbocycles. The van der Waals surface area contributed by atoms with E-state index < -0.39 is 0 Å². The predicted molar refractivity (Wildman–Crippen MR) is 95.9 cm³/mol. The zero-order valence-electron chi connectivity index (χ0n) is 14.0. The number of hydrogen-bond donors (Lipinski definition) is 1. The van der Waals surface area contributed by atoms with Gasteiger partial charge in [-0.2, -0.15) is 0 Å². The molecule has 0 spiro atoms. The first-order valence-electron chi connectivity index (χ1n) is 8.99. The monoisotopic (exact) mass is 288 g/mol. The van der Waals surface area contributed by atoms with Crippen LogP contribution in [0.15, 0.2) is 24.3 Å². The lowest BCUT2D eigenvalue weighted by molar-refractivity contribution is 0.552. The highest BCUT2D eigenvalue weighted by Crippen LogP contribution is 2.12. The van der Waals surface area contributed by atoms with Gasteiger partial charge < -0.3 is 5.32 Å². The average Bonchev–Trinajstić information content (AvgIpc) is 2.50. The van der Waals surface area contributed by atoms with Crippen LogP contribution in [-0.4, -0.2) is 6.54 Å². The smallest absolute Gasteiger partial charge is 0.0340 e. The molecule has 0 saturated carbocycles. The first-order chi connectivity index (χ1) is 10.3. The molecule has 1 aromatic rings. The summed E-state index contributed by atoms with van der Waals surface area (Å²) in [6.07, 6.45) is 15.4. The Morgan fingerprint density at radius 1 is 0.714 bits per heavy atom. The Labute approximate surface area is 132 Å². The molecule has 1 rings (SSSR count). The van der Waals surface area contributed by atoms with Gasteiger partial charge in [-0.25, -0.2) is 0 Å². The van der Waals surface area contributed by atoms with Crippen molar-refractivity contribution in [3.05, 3.63) is 36.8 Å². The molecule has 0 bridgehead atoms. The van der Waals surface area contributed by atoms with E-state index >= 15 is 0 Å². The zero-order chi connectivity index (χ0) is 15.2. The van der Waals surface area contributed by atoms with Crippen molar-refractivity contribution in [1.82, 2.24) is 0 Å². The lowest BCUT2D eigenvalue weighted by atomic mass is 10.1.